The molecule has 0 amide bonds. The molecule has 0 aliphatic carbocycles. The highest BCUT2D eigenvalue weighted by atomic mass is 79.9. The van der Waals surface area contributed by atoms with Crippen LogP contribution in [0.5, 0.6) is 0 Å². The molecule has 0 saturated carbocycles. The van der Waals surface area contributed by atoms with E-state index in [0.717, 1.165) is 13.0 Å². The van der Waals surface area contributed by atoms with E-state index in [4.69, 9.17) is 4.74 Å². The fraction of sp³-hybridized carbons (Fsp3) is 0.733. The number of hydrogen-bond acceptors (Lipinski definition) is 3. The second kappa shape index (κ2) is 5.47. The van der Waals surface area contributed by atoms with E-state index < -0.39 is 0 Å². The van der Waals surface area contributed by atoms with Crippen LogP contribution in [0.1, 0.15) is 52.0 Å². The van der Waals surface area contributed by atoms with Gasteiger partial charge in [-0.25, -0.2) is 0 Å². The van der Waals surface area contributed by atoms with E-state index in [1.165, 1.54) is 9.35 Å². The highest BCUT2D eigenvalue weighted by molar-refractivity contribution is 9.10. The molecule has 2 rings (SSSR count). The SMILES string of the molecule is CCNC(c1cc(Br)cs1)C1CC(C)(C)OC1(C)C. The van der Waals surface area contributed by atoms with Crippen molar-refractivity contribution in [2.75, 3.05) is 6.54 Å². The van der Waals surface area contributed by atoms with Crippen LogP contribution in [0.2, 0.25) is 0 Å². The molecule has 0 radical (unpaired) electrons. The number of nitrogens with one attached hydrogen (secondary N) is 1. The Bertz CT molecular complexity index is 441. The van der Waals surface area contributed by atoms with Gasteiger partial charge in [0.2, 0.25) is 0 Å². The maximum absolute atomic E-state index is 6.26. The lowest BCUT2D eigenvalue weighted by Gasteiger charge is -2.33. The van der Waals surface area contributed by atoms with Crippen molar-refractivity contribution in [3.8, 4) is 0 Å². The normalized spacial score (nSPS) is 26.5. The smallest absolute Gasteiger partial charge is 0.0681 e. The van der Waals surface area contributed by atoms with Crippen LogP contribution < -0.4 is 5.32 Å². The van der Waals surface area contributed by atoms with Gasteiger partial charge in [0.15, 0.2) is 0 Å². The number of hydrogen-bond donors (Lipinski definition) is 1. The Morgan fingerprint density at radius 1 is 1.47 bits per heavy atom. The van der Waals surface area contributed by atoms with E-state index in [2.05, 4.69) is 67.3 Å². The van der Waals surface area contributed by atoms with E-state index in [0.29, 0.717) is 12.0 Å². The predicted octanol–water partition coefficient (Wildman–Crippen LogP) is 4.75. The molecular formula is C15H24BrNOS. The van der Waals surface area contributed by atoms with Crippen LogP contribution in [-0.4, -0.2) is 17.7 Å². The standard InChI is InChI=1S/C15H24BrNOS/c1-6-17-13(12-7-10(16)9-19-12)11-8-14(2,3)18-15(11,4)5/h7,9,11,13,17H,6,8H2,1-5H3. The summed E-state index contributed by atoms with van der Waals surface area (Å²) in [5.41, 5.74) is -0.122. The summed E-state index contributed by atoms with van der Waals surface area (Å²) in [5.74, 6) is 0.494. The summed E-state index contributed by atoms with van der Waals surface area (Å²) >= 11 is 5.38. The molecular weight excluding hydrogens is 322 g/mol. The lowest BCUT2D eigenvalue weighted by molar-refractivity contribution is -0.0777. The molecule has 108 valence electrons. The van der Waals surface area contributed by atoms with Crippen LogP contribution in [0, 0.1) is 5.92 Å². The summed E-state index contributed by atoms with van der Waals surface area (Å²) in [7, 11) is 0. The maximum atomic E-state index is 6.26. The average Bonchev–Trinajstić information content (AvgIpc) is 2.76. The monoisotopic (exact) mass is 345 g/mol. The first-order valence-electron chi connectivity index (χ1n) is 6.92. The van der Waals surface area contributed by atoms with Crippen molar-refractivity contribution < 1.29 is 4.74 Å². The molecule has 1 aromatic rings. The molecule has 0 spiro atoms. The van der Waals surface area contributed by atoms with Crippen LogP contribution in [-0.2, 0) is 4.74 Å². The molecule has 0 bridgehead atoms. The van der Waals surface area contributed by atoms with Gasteiger partial charge in [0.25, 0.3) is 0 Å². The molecule has 1 saturated heterocycles. The summed E-state index contributed by atoms with van der Waals surface area (Å²) in [6, 6.07) is 2.61. The zero-order chi connectivity index (χ0) is 14.3. The third kappa shape index (κ3) is 3.41. The fourth-order valence-corrected chi connectivity index (χ4v) is 4.86. The Kier molecular flexibility index (Phi) is 4.46. The Morgan fingerprint density at radius 2 is 2.16 bits per heavy atom. The quantitative estimate of drug-likeness (QED) is 0.849. The molecule has 2 nitrogen and oxygen atoms in total. The molecule has 2 heterocycles. The van der Waals surface area contributed by atoms with E-state index in [1.807, 2.05) is 11.3 Å². The zero-order valence-corrected chi connectivity index (χ0v) is 14.8. The Balaban J connectivity index is 2.29. The maximum Gasteiger partial charge on any atom is 0.0681 e. The number of ether oxygens (including phenoxy) is 1. The molecule has 1 N–H and O–H groups in total. The van der Waals surface area contributed by atoms with Gasteiger partial charge in [0.1, 0.15) is 0 Å². The summed E-state index contributed by atoms with van der Waals surface area (Å²) in [4.78, 5) is 1.40. The number of halogens is 1. The van der Waals surface area contributed by atoms with Gasteiger partial charge in [-0.2, -0.15) is 0 Å². The lowest BCUT2D eigenvalue weighted by Crippen LogP contribution is -2.38. The van der Waals surface area contributed by atoms with Gasteiger partial charge in [-0.15, -0.1) is 11.3 Å². The molecule has 2 atom stereocenters. The van der Waals surface area contributed by atoms with Crippen molar-refractivity contribution in [1.82, 2.24) is 5.32 Å². The Hall–Kier alpha value is 0.1000. The lowest BCUT2D eigenvalue weighted by atomic mass is 9.81. The average molecular weight is 346 g/mol. The van der Waals surface area contributed by atoms with Crippen molar-refractivity contribution in [2.24, 2.45) is 5.92 Å². The van der Waals surface area contributed by atoms with E-state index in [-0.39, 0.29) is 11.2 Å². The van der Waals surface area contributed by atoms with E-state index in [9.17, 15) is 0 Å². The molecule has 1 aliphatic rings. The molecule has 2 unspecified atom stereocenters. The third-order valence-electron chi connectivity index (χ3n) is 3.86. The first kappa shape index (κ1) is 15.5. The van der Waals surface area contributed by atoms with Crippen molar-refractivity contribution in [1.29, 1.82) is 0 Å². The van der Waals surface area contributed by atoms with Crippen LogP contribution in [0.25, 0.3) is 0 Å². The highest BCUT2D eigenvalue weighted by Crippen LogP contribution is 2.48. The van der Waals surface area contributed by atoms with Crippen LogP contribution in [0.4, 0.5) is 0 Å². The zero-order valence-electron chi connectivity index (χ0n) is 12.4. The van der Waals surface area contributed by atoms with Crippen molar-refractivity contribution in [3.05, 3.63) is 20.8 Å². The molecule has 4 heteroatoms. The third-order valence-corrected chi connectivity index (χ3v) is 5.64. The molecule has 0 aromatic carbocycles. The van der Waals surface area contributed by atoms with Crippen LogP contribution in [0.3, 0.4) is 0 Å². The Morgan fingerprint density at radius 3 is 2.58 bits per heavy atom. The van der Waals surface area contributed by atoms with Crippen molar-refractivity contribution >= 4 is 27.3 Å². The van der Waals surface area contributed by atoms with Gasteiger partial charge >= 0.3 is 0 Å². The van der Waals surface area contributed by atoms with Crippen molar-refractivity contribution in [2.45, 2.75) is 58.3 Å². The van der Waals surface area contributed by atoms with Gasteiger partial charge in [-0.1, -0.05) is 6.92 Å². The van der Waals surface area contributed by atoms with Crippen LogP contribution in [0.15, 0.2) is 15.9 Å². The molecule has 1 fully saturated rings. The minimum Gasteiger partial charge on any atom is -0.369 e. The first-order valence-corrected chi connectivity index (χ1v) is 8.60. The van der Waals surface area contributed by atoms with Gasteiger partial charge in [-0.05, 0) is 62.7 Å². The summed E-state index contributed by atoms with van der Waals surface area (Å²) in [6.07, 6.45) is 1.09. The topological polar surface area (TPSA) is 21.3 Å². The van der Waals surface area contributed by atoms with Gasteiger partial charge in [0, 0.05) is 26.7 Å². The Labute approximate surface area is 129 Å². The molecule has 1 aromatic heterocycles. The minimum atomic E-state index is -0.0905. The van der Waals surface area contributed by atoms with Crippen molar-refractivity contribution in [3.63, 3.8) is 0 Å². The summed E-state index contributed by atoms with van der Waals surface area (Å²) in [6.45, 7) is 12.0. The van der Waals surface area contributed by atoms with Gasteiger partial charge in [0.05, 0.1) is 11.2 Å². The van der Waals surface area contributed by atoms with Gasteiger partial charge < -0.3 is 10.1 Å². The van der Waals surface area contributed by atoms with Crippen LogP contribution >= 0.6 is 27.3 Å². The second-order valence-electron chi connectivity index (χ2n) is 6.48. The molecule has 1 aliphatic heterocycles. The second-order valence-corrected chi connectivity index (χ2v) is 8.34. The minimum absolute atomic E-state index is 0.0314. The summed E-state index contributed by atoms with van der Waals surface area (Å²) < 4.78 is 7.43. The summed E-state index contributed by atoms with van der Waals surface area (Å²) in [5, 5.41) is 5.82. The number of rotatable bonds is 4. The highest BCUT2D eigenvalue weighted by Gasteiger charge is 2.49. The molecule has 19 heavy (non-hydrogen) atoms. The first-order chi connectivity index (χ1) is 8.75. The number of thiophene rings is 1. The van der Waals surface area contributed by atoms with Gasteiger partial charge in [-0.3, -0.25) is 0 Å². The largest absolute Gasteiger partial charge is 0.369 e. The van der Waals surface area contributed by atoms with E-state index in [1.54, 1.807) is 0 Å². The van der Waals surface area contributed by atoms with E-state index >= 15 is 0 Å². The predicted molar refractivity (Wildman–Crippen MR) is 85.8 cm³/mol. The fourth-order valence-electron chi connectivity index (χ4n) is 3.28.